The van der Waals surface area contributed by atoms with Crippen LogP contribution in [0.1, 0.15) is 115 Å². The Morgan fingerprint density at radius 2 is 1.43 bits per heavy atom. The highest BCUT2D eigenvalue weighted by molar-refractivity contribution is 7.09. The summed E-state index contributed by atoms with van der Waals surface area (Å²) >= 11 is 1.07. The Labute approximate surface area is 472 Å². The third-order valence-electron chi connectivity index (χ3n) is 13.3. The zero-order valence-corrected chi connectivity index (χ0v) is 48.8. The second-order valence-corrected chi connectivity index (χ2v) is 21.3. The molecule has 1 unspecified atom stereocenters. The number of amides is 6. The number of rotatable bonds is 19. The predicted molar refractivity (Wildman–Crippen MR) is 295 cm³/mol. The molecule has 25 heteroatoms. The lowest BCUT2D eigenvalue weighted by molar-refractivity contribution is -0.149. The molecule has 80 heavy (non-hydrogen) atoms. The molecule has 0 saturated carbocycles. The van der Waals surface area contributed by atoms with Gasteiger partial charge in [-0.25, -0.2) is 4.98 Å². The van der Waals surface area contributed by atoms with Gasteiger partial charge in [-0.1, -0.05) is 47.1 Å². The highest BCUT2D eigenvalue weighted by Gasteiger charge is 2.39. The molecule has 3 rings (SSSR count). The highest BCUT2D eigenvalue weighted by atomic mass is 32.1. The van der Waals surface area contributed by atoms with Gasteiger partial charge in [0.25, 0.3) is 17.7 Å². The molecule has 1 aliphatic rings. The Bertz CT molecular complexity index is 2470. The van der Waals surface area contributed by atoms with Gasteiger partial charge in [-0.2, -0.15) is 0 Å². The topological polar surface area (TPSA) is 309 Å². The van der Waals surface area contributed by atoms with Crippen molar-refractivity contribution in [1.29, 1.82) is 0 Å². The fourth-order valence-electron chi connectivity index (χ4n) is 7.80. The molecule has 0 bridgehead atoms. The van der Waals surface area contributed by atoms with E-state index in [2.05, 4.69) is 43.4 Å². The van der Waals surface area contributed by atoms with Crippen molar-refractivity contribution in [3.63, 3.8) is 0 Å². The second-order valence-electron chi connectivity index (χ2n) is 20.4. The van der Waals surface area contributed by atoms with Crippen LogP contribution in [0.15, 0.2) is 23.6 Å². The summed E-state index contributed by atoms with van der Waals surface area (Å²) in [4.78, 5) is 125. The molecular formula is C55H82N8O16S. The maximum absolute atomic E-state index is 14.3. The van der Waals surface area contributed by atoms with Gasteiger partial charge in [0.15, 0.2) is 11.9 Å². The Morgan fingerprint density at radius 1 is 0.838 bits per heavy atom. The number of carboxylic acids is 1. The first-order valence-corrected chi connectivity index (χ1v) is 27.7. The summed E-state index contributed by atoms with van der Waals surface area (Å²) in [5, 5.41) is 25.4. The monoisotopic (exact) mass is 1140 g/mol. The van der Waals surface area contributed by atoms with Crippen molar-refractivity contribution in [2.45, 2.75) is 124 Å². The van der Waals surface area contributed by atoms with E-state index in [0.29, 0.717) is 12.0 Å². The van der Waals surface area contributed by atoms with E-state index in [1.165, 1.54) is 25.3 Å². The minimum atomic E-state index is -1.10. The fraction of sp³-hybridized carbons (Fsp3) is 0.636. The number of ether oxygens (including phenoxy) is 6. The van der Waals surface area contributed by atoms with Gasteiger partial charge in [-0.05, 0) is 70.3 Å². The van der Waals surface area contributed by atoms with Crippen LogP contribution < -0.4 is 31.3 Å². The van der Waals surface area contributed by atoms with Crippen LogP contribution in [0.25, 0.3) is 0 Å². The number of carbonyl (C=O) groups is 9. The third-order valence-corrected chi connectivity index (χ3v) is 14.2. The molecular weight excluding hydrogens is 1060 g/mol. The SMILES string of the molecule is CC[C@H](C)[C@H](NC(=O)C(C)(C)N(C)C)C(=O)N(C)[C@H](C[C@@H](OC(C)=O)c1nc(C(=O)N[C@@H](Cc2ccc3c(c2)NC(=O)CCOCCOCCNC(=O)C#CC(=O)NCCOCCOCCC(=O)O3)CC(C)C(=O)O)cs1)C(C)C. The lowest BCUT2D eigenvalue weighted by Gasteiger charge is -2.38. The first-order valence-electron chi connectivity index (χ1n) is 26.8. The molecule has 0 radical (unpaired) electrons. The van der Waals surface area contributed by atoms with Crippen LogP contribution in [0.4, 0.5) is 5.69 Å². The third kappa shape index (κ3) is 23.6. The van der Waals surface area contributed by atoms with Crippen molar-refractivity contribution < 1.29 is 76.7 Å². The maximum atomic E-state index is 14.3. The molecule has 6 amide bonds. The van der Waals surface area contributed by atoms with Crippen LogP contribution in [-0.4, -0.2) is 184 Å². The fourth-order valence-corrected chi connectivity index (χ4v) is 8.64. The van der Waals surface area contributed by atoms with Crippen LogP contribution in [-0.2, 0) is 68.5 Å². The molecule has 2 aromatic rings. The average Bonchev–Trinajstić information content (AvgIpc) is 3.96. The molecule has 2 heterocycles. The van der Waals surface area contributed by atoms with Crippen molar-refractivity contribution in [3.8, 4) is 17.6 Å². The number of benzene rings is 1. The van der Waals surface area contributed by atoms with Crippen molar-refractivity contribution >= 4 is 70.4 Å². The van der Waals surface area contributed by atoms with Crippen LogP contribution in [0.2, 0.25) is 0 Å². The molecule has 444 valence electrons. The number of likely N-dealkylation sites (N-methyl/N-ethyl adjacent to an activating group) is 2. The van der Waals surface area contributed by atoms with Gasteiger partial charge in [0.1, 0.15) is 16.7 Å². The Morgan fingerprint density at radius 3 is 1.98 bits per heavy atom. The molecule has 1 aromatic heterocycles. The zero-order chi connectivity index (χ0) is 59.5. The number of anilines is 1. The number of nitrogens with zero attached hydrogens (tertiary/aromatic N) is 3. The van der Waals surface area contributed by atoms with Gasteiger partial charge in [0.2, 0.25) is 17.7 Å². The minimum Gasteiger partial charge on any atom is -0.481 e. The number of fused-ring (bicyclic) bond motifs is 1. The van der Waals surface area contributed by atoms with E-state index >= 15 is 0 Å². The summed E-state index contributed by atoms with van der Waals surface area (Å²) in [5.41, 5.74) is -0.300. The summed E-state index contributed by atoms with van der Waals surface area (Å²) < 4.78 is 33.4. The number of hydrogen-bond donors (Lipinski definition) is 6. The van der Waals surface area contributed by atoms with Crippen molar-refractivity contribution in [2.75, 3.05) is 92.4 Å². The van der Waals surface area contributed by atoms with Crippen LogP contribution >= 0.6 is 11.3 Å². The van der Waals surface area contributed by atoms with E-state index in [-0.39, 0.29) is 144 Å². The number of esters is 2. The summed E-state index contributed by atoms with van der Waals surface area (Å²) in [6.07, 6.45) is -0.523. The Kier molecular flexibility index (Phi) is 29.2. The van der Waals surface area contributed by atoms with Gasteiger partial charge in [-0.3, -0.25) is 48.1 Å². The Hall–Kier alpha value is -6.56. The van der Waals surface area contributed by atoms with Crippen molar-refractivity contribution in [1.82, 2.24) is 36.1 Å². The molecule has 0 spiro atoms. The minimum absolute atomic E-state index is 0.00838. The van der Waals surface area contributed by atoms with Gasteiger partial charge < -0.3 is 65.0 Å². The predicted octanol–water partition coefficient (Wildman–Crippen LogP) is 2.88. The van der Waals surface area contributed by atoms with Crippen molar-refractivity contribution in [3.05, 3.63) is 39.8 Å². The standard InChI is InChI=1S/C55H82N8O16S/c1-12-35(4)49(61-54(73)55(7,8)62(9)10)52(70)63(11)42(34(2)3)32-44(78-37(6)64)51-60-41(33-80-51)50(69)58-39(29-36(5)53(71)72)30-38-13-14-43-40(31-38)59-47(67)17-21-74-25-27-76-23-19-56-45(65)15-16-46(66)57-20-24-77-28-26-75-22-18-48(68)79-43/h13-14,31,33-36,39,42,44,49H,12,17-30,32H2,1-11H3,(H,56,65)(H,57,66)(H,58,69)(H,59,67)(H,61,73)(H,71,72)/t35-,36?,39+,42+,44+,49-/m0/s1. The van der Waals surface area contributed by atoms with Gasteiger partial charge in [-0.15, -0.1) is 11.3 Å². The number of hydrogen-bond acceptors (Lipinski definition) is 18. The summed E-state index contributed by atoms with van der Waals surface area (Å²) in [6, 6.07) is 2.46. The van der Waals surface area contributed by atoms with E-state index in [0.717, 1.165) is 11.3 Å². The number of aliphatic carboxylic acids is 1. The van der Waals surface area contributed by atoms with E-state index < -0.39 is 77.2 Å². The maximum Gasteiger partial charge on any atom is 0.313 e. The van der Waals surface area contributed by atoms with Crippen LogP contribution in [0.5, 0.6) is 5.75 Å². The summed E-state index contributed by atoms with van der Waals surface area (Å²) in [5.74, 6) is -2.39. The van der Waals surface area contributed by atoms with E-state index in [1.54, 1.807) is 56.9 Å². The molecule has 0 saturated heterocycles. The lowest BCUT2D eigenvalue weighted by atomic mass is 9.92. The average molecular weight is 1140 g/mol. The molecule has 0 fully saturated rings. The Balaban J connectivity index is 1.85. The van der Waals surface area contributed by atoms with Crippen LogP contribution in [0.3, 0.4) is 0 Å². The summed E-state index contributed by atoms with van der Waals surface area (Å²) in [7, 11) is 5.22. The highest BCUT2D eigenvalue weighted by Crippen LogP contribution is 2.32. The number of carbonyl (C=O) groups excluding carboxylic acids is 8. The number of nitrogens with one attached hydrogen (secondary N) is 5. The van der Waals surface area contributed by atoms with E-state index in [1.807, 2.05) is 27.7 Å². The molecule has 1 aliphatic heterocycles. The normalized spacial score (nSPS) is 17.6. The van der Waals surface area contributed by atoms with Gasteiger partial charge in [0, 0.05) is 62.8 Å². The molecule has 0 aliphatic carbocycles. The number of aromatic nitrogens is 1. The first-order chi connectivity index (χ1) is 37.8. The molecule has 6 atom stereocenters. The van der Waals surface area contributed by atoms with Gasteiger partial charge in [0.05, 0.1) is 82.8 Å². The summed E-state index contributed by atoms with van der Waals surface area (Å²) in [6.45, 7) is 15.0. The zero-order valence-electron chi connectivity index (χ0n) is 48.0. The van der Waals surface area contributed by atoms with Crippen molar-refractivity contribution in [2.24, 2.45) is 17.8 Å². The number of thiazole rings is 1. The molecule has 1 aromatic carbocycles. The molecule has 6 N–H and O–H groups in total. The van der Waals surface area contributed by atoms with E-state index in [4.69, 9.17) is 28.4 Å². The largest absolute Gasteiger partial charge is 0.481 e. The second kappa shape index (κ2) is 34.6. The van der Waals surface area contributed by atoms with Crippen LogP contribution in [0, 0.1) is 29.6 Å². The number of carboxylic acid groups (broad SMARTS) is 1. The quantitative estimate of drug-likeness (QED) is 0.0669. The smallest absolute Gasteiger partial charge is 0.313 e. The first kappa shape index (κ1) is 67.7. The van der Waals surface area contributed by atoms with E-state index in [9.17, 15) is 48.3 Å². The van der Waals surface area contributed by atoms with Gasteiger partial charge >= 0.3 is 17.9 Å². The lowest BCUT2D eigenvalue weighted by Crippen LogP contribution is -2.60. The molecule has 24 nitrogen and oxygen atoms in total.